The Balaban J connectivity index is 2.51. The maximum atomic E-state index is 11.4. The number of carboxylic acid groups (broad SMARTS) is 1. The first-order valence-corrected chi connectivity index (χ1v) is 7.75. The van der Waals surface area contributed by atoms with Gasteiger partial charge in [-0.25, -0.2) is 18.4 Å². The van der Waals surface area contributed by atoms with Gasteiger partial charge < -0.3 is 15.2 Å². The van der Waals surface area contributed by atoms with Crippen molar-refractivity contribution in [3.63, 3.8) is 0 Å². The fourth-order valence-corrected chi connectivity index (χ4v) is 3.04. The van der Waals surface area contributed by atoms with Crippen LogP contribution in [0, 0.1) is 0 Å². The maximum absolute atomic E-state index is 11.4. The van der Waals surface area contributed by atoms with E-state index in [1.165, 1.54) is 12.3 Å². The number of nitrogens with one attached hydrogen (secondary N) is 1. The van der Waals surface area contributed by atoms with Crippen molar-refractivity contribution in [3.8, 4) is 0 Å². The molecule has 1 unspecified atom stereocenters. The van der Waals surface area contributed by atoms with Crippen molar-refractivity contribution in [1.29, 1.82) is 0 Å². The van der Waals surface area contributed by atoms with E-state index in [9.17, 15) is 18.3 Å². The van der Waals surface area contributed by atoms with Crippen molar-refractivity contribution in [2.24, 2.45) is 5.14 Å². The second-order valence-corrected chi connectivity index (χ2v) is 6.67. The zero-order valence-corrected chi connectivity index (χ0v) is 12.5. The van der Waals surface area contributed by atoms with E-state index in [4.69, 9.17) is 21.5 Å². The molecule has 9 heteroatoms. The van der Waals surface area contributed by atoms with Crippen LogP contribution in [-0.2, 0) is 14.8 Å². The lowest BCUT2D eigenvalue weighted by molar-refractivity contribution is 0.0695. The zero-order chi connectivity index (χ0) is 15.8. The zero-order valence-electron chi connectivity index (χ0n) is 11.0. The number of rotatable bonds is 4. The van der Waals surface area contributed by atoms with E-state index >= 15 is 0 Å². The lowest BCUT2D eigenvalue weighted by atomic mass is 10.1. The Bertz CT molecular complexity index is 721. The largest absolute Gasteiger partial charge is 0.478 e. The summed E-state index contributed by atoms with van der Waals surface area (Å²) < 4.78 is 28.1. The summed E-state index contributed by atoms with van der Waals surface area (Å²) in [6.07, 6.45) is 3.78. The van der Waals surface area contributed by atoms with Crippen molar-refractivity contribution >= 4 is 33.3 Å². The van der Waals surface area contributed by atoms with Crippen LogP contribution in [-0.4, -0.2) is 25.2 Å². The minimum atomic E-state index is -4.12. The van der Waals surface area contributed by atoms with Gasteiger partial charge in [-0.1, -0.05) is 11.6 Å². The van der Waals surface area contributed by atoms with Crippen LogP contribution in [0.3, 0.4) is 0 Å². The summed E-state index contributed by atoms with van der Waals surface area (Å²) >= 11 is 5.87. The number of hydrogen-bond donors (Lipinski definition) is 3. The van der Waals surface area contributed by atoms with E-state index in [-0.39, 0.29) is 16.3 Å². The molecule has 0 saturated heterocycles. The Labute approximate surface area is 126 Å². The summed E-state index contributed by atoms with van der Waals surface area (Å²) in [6.45, 7) is 1.72. The summed E-state index contributed by atoms with van der Waals surface area (Å²) in [6, 6.07) is 2.13. The van der Waals surface area contributed by atoms with Gasteiger partial charge in [-0.3, -0.25) is 0 Å². The second kappa shape index (κ2) is 5.21. The molecule has 0 aliphatic carbocycles. The molecule has 4 N–H and O–H groups in total. The van der Waals surface area contributed by atoms with Gasteiger partial charge in [0.2, 0.25) is 10.0 Å². The molecule has 0 fully saturated rings. The van der Waals surface area contributed by atoms with Gasteiger partial charge in [-0.05, 0) is 25.1 Å². The van der Waals surface area contributed by atoms with E-state index < -0.39 is 26.6 Å². The first kappa shape index (κ1) is 15.6. The van der Waals surface area contributed by atoms with Gasteiger partial charge in [0.1, 0.15) is 4.90 Å². The van der Waals surface area contributed by atoms with Crippen LogP contribution in [0.1, 0.15) is 23.7 Å². The molecule has 0 aromatic heterocycles. The molecule has 1 aromatic rings. The number of aromatic carboxylic acids is 1. The van der Waals surface area contributed by atoms with E-state index in [0.29, 0.717) is 6.42 Å². The lowest BCUT2D eigenvalue weighted by Crippen LogP contribution is -2.34. The van der Waals surface area contributed by atoms with Crippen LogP contribution in [0.25, 0.3) is 0 Å². The monoisotopic (exact) mass is 332 g/mol. The van der Waals surface area contributed by atoms with Crippen LogP contribution in [0.5, 0.6) is 0 Å². The molecular weight excluding hydrogens is 320 g/mol. The average molecular weight is 333 g/mol. The number of carbonyl (C=O) groups is 1. The molecule has 1 aliphatic rings. The van der Waals surface area contributed by atoms with Gasteiger partial charge in [-0.2, -0.15) is 0 Å². The van der Waals surface area contributed by atoms with Crippen molar-refractivity contribution in [2.45, 2.75) is 24.0 Å². The first-order valence-electron chi connectivity index (χ1n) is 5.83. The summed E-state index contributed by atoms with van der Waals surface area (Å²) in [4.78, 5) is 10.9. The summed E-state index contributed by atoms with van der Waals surface area (Å²) in [5, 5.41) is 17.0. The highest BCUT2D eigenvalue weighted by molar-refractivity contribution is 7.89. The third kappa shape index (κ3) is 3.29. The molecular formula is C12H13ClN2O5S. The van der Waals surface area contributed by atoms with Crippen molar-refractivity contribution in [2.75, 3.05) is 5.32 Å². The topological polar surface area (TPSA) is 119 Å². The highest BCUT2D eigenvalue weighted by Gasteiger charge is 2.30. The number of halogens is 1. The molecule has 1 atom stereocenters. The van der Waals surface area contributed by atoms with Gasteiger partial charge in [0.25, 0.3) is 0 Å². The fourth-order valence-electron chi connectivity index (χ4n) is 1.94. The van der Waals surface area contributed by atoms with E-state index in [2.05, 4.69) is 5.32 Å². The standard InChI is InChI=1S/C12H13ClN2O5S/c1-12(3-2-4-20-12)15-9-6-8(13)10(21(14,18)19)5-7(9)11(16)17/h2,4-6,15H,3H2,1H3,(H,16,17)(H2,14,18,19). The number of ether oxygens (including phenoxy) is 1. The quantitative estimate of drug-likeness (QED) is 0.772. The van der Waals surface area contributed by atoms with Gasteiger partial charge in [0.05, 0.1) is 22.5 Å². The second-order valence-electron chi connectivity index (χ2n) is 4.73. The number of nitrogens with two attached hydrogens (primary N) is 1. The molecule has 1 aromatic carbocycles. The molecule has 2 rings (SSSR count). The SMILES string of the molecule is CC1(Nc2cc(Cl)c(S(N)(=O)=O)cc2C(=O)O)CC=CO1. The molecule has 0 bridgehead atoms. The van der Waals surface area contributed by atoms with Crippen LogP contribution < -0.4 is 10.5 Å². The Hall–Kier alpha value is -1.77. The number of carboxylic acids is 1. The van der Waals surface area contributed by atoms with Gasteiger partial charge in [0.15, 0.2) is 5.72 Å². The van der Waals surface area contributed by atoms with Gasteiger partial charge >= 0.3 is 5.97 Å². The minimum Gasteiger partial charge on any atom is -0.478 e. The van der Waals surface area contributed by atoms with E-state index in [1.54, 1.807) is 13.0 Å². The third-order valence-corrected chi connectivity index (χ3v) is 4.32. The Kier molecular flexibility index (Phi) is 3.87. The van der Waals surface area contributed by atoms with Gasteiger partial charge in [0, 0.05) is 6.42 Å². The predicted molar refractivity (Wildman–Crippen MR) is 76.7 cm³/mol. The molecule has 0 saturated carbocycles. The molecule has 21 heavy (non-hydrogen) atoms. The van der Waals surface area contributed by atoms with Crippen molar-refractivity contribution in [1.82, 2.24) is 0 Å². The molecule has 114 valence electrons. The average Bonchev–Trinajstić information content (AvgIpc) is 2.73. The highest BCUT2D eigenvalue weighted by Crippen LogP contribution is 2.32. The molecule has 0 spiro atoms. The maximum Gasteiger partial charge on any atom is 0.337 e. The normalized spacial score (nSPS) is 21.1. The first-order chi connectivity index (χ1) is 9.62. The van der Waals surface area contributed by atoms with E-state index in [1.807, 2.05) is 0 Å². The van der Waals surface area contributed by atoms with Crippen molar-refractivity contribution in [3.05, 3.63) is 35.1 Å². The molecule has 1 heterocycles. The van der Waals surface area contributed by atoms with Crippen molar-refractivity contribution < 1.29 is 23.1 Å². The Morgan fingerprint density at radius 2 is 2.19 bits per heavy atom. The summed E-state index contributed by atoms with van der Waals surface area (Å²) in [7, 11) is -4.12. The molecule has 1 aliphatic heterocycles. The summed E-state index contributed by atoms with van der Waals surface area (Å²) in [5.74, 6) is -1.31. The number of benzene rings is 1. The van der Waals surface area contributed by atoms with Crippen LogP contribution in [0.15, 0.2) is 29.4 Å². The number of anilines is 1. The number of primary sulfonamides is 1. The minimum absolute atomic E-state index is 0.145. The fraction of sp³-hybridized carbons (Fsp3) is 0.250. The molecule has 0 amide bonds. The molecule has 7 nitrogen and oxygen atoms in total. The van der Waals surface area contributed by atoms with Crippen LogP contribution >= 0.6 is 11.6 Å². The summed E-state index contributed by atoms with van der Waals surface area (Å²) in [5.41, 5.74) is -0.942. The predicted octanol–water partition coefficient (Wildman–Crippen LogP) is 1.75. The van der Waals surface area contributed by atoms with E-state index in [0.717, 1.165) is 6.07 Å². The Morgan fingerprint density at radius 3 is 2.67 bits per heavy atom. The number of sulfonamides is 1. The smallest absolute Gasteiger partial charge is 0.337 e. The van der Waals surface area contributed by atoms with Crippen LogP contribution in [0.2, 0.25) is 5.02 Å². The Morgan fingerprint density at radius 1 is 1.52 bits per heavy atom. The number of hydrogen-bond acceptors (Lipinski definition) is 5. The molecule has 0 radical (unpaired) electrons. The third-order valence-electron chi connectivity index (χ3n) is 2.94. The lowest BCUT2D eigenvalue weighted by Gasteiger charge is -2.27. The van der Waals surface area contributed by atoms with Gasteiger partial charge in [-0.15, -0.1) is 0 Å². The van der Waals surface area contributed by atoms with Crippen LogP contribution in [0.4, 0.5) is 5.69 Å². The highest BCUT2D eigenvalue weighted by atomic mass is 35.5.